The van der Waals surface area contributed by atoms with Crippen LogP contribution in [0.5, 0.6) is 0 Å². The second-order valence-electron chi connectivity index (χ2n) is 6.76. The molecule has 0 radical (unpaired) electrons. The molecular formula is C16H23N3O3Si. The van der Waals surface area contributed by atoms with E-state index in [9.17, 15) is 9.90 Å². The van der Waals surface area contributed by atoms with E-state index in [2.05, 4.69) is 29.6 Å². The van der Waals surface area contributed by atoms with Gasteiger partial charge in [-0.05, 0) is 25.1 Å². The van der Waals surface area contributed by atoms with E-state index < -0.39 is 14.0 Å². The fourth-order valence-corrected chi connectivity index (χ4v) is 2.83. The molecule has 0 bridgehead atoms. The summed E-state index contributed by atoms with van der Waals surface area (Å²) in [6.07, 6.45) is 3.40. The van der Waals surface area contributed by atoms with Gasteiger partial charge in [0.15, 0.2) is 0 Å². The number of nitrogens with zero attached hydrogens (tertiary/aromatic N) is 3. The summed E-state index contributed by atoms with van der Waals surface area (Å²) >= 11 is 0. The molecule has 0 amide bonds. The van der Waals surface area contributed by atoms with Gasteiger partial charge in [-0.2, -0.15) is 0 Å². The first-order valence-electron chi connectivity index (χ1n) is 7.57. The highest BCUT2D eigenvalue weighted by molar-refractivity contribution is 6.76. The molecule has 0 spiro atoms. The van der Waals surface area contributed by atoms with Crippen molar-refractivity contribution in [2.24, 2.45) is 0 Å². The van der Waals surface area contributed by atoms with Crippen molar-refractivity contribution in [3.63, 3.8) is 0 Å². The van der Waals surface area contributed by atoms with E-state index >= 15 is 0 Å². The third-order valence-electron chi connectivity index (χ3n) is 3.39. The van der Waals surface area contributed by atoms with Crippen LogP contribution in [-0.2, 0) is 11.5 Å². The third-order valence-corrected chi connectivity index (χ3v) is 5.09. The molecule has 0 aliphatic heterocycles. The zero-order chi connectivity index (χ0) is 17.0. The van der Waals surface area contributed by atoms with Gasteiger partial charge >= 0.3 is 5.97 Å². The van der Waals surface area contributed by atoms with E-state index in [1.54, 1.807) is 12.4 Å². The van der Waals surface area contributed by atoms with Crippen LogP contribution in [0.4, 0.5) is 0 Å². The quantitative estimate of drug-likeness (QED) is 0.621. The van der Waals surface area contributed by atoms with Gasteiger partial charge in [0.05, 0.1) is 5.69 Å². The summed E-state index contributed by atoms with van der Waals surface area (Å²) < 4.78 is 7.18. The van der Waals surface area contributed by atoms with Gasteiger partial charge in [-0.25, -0.2) is 9.78 Å². The summed E-state index contributed by atoms with van der Waals surface area (Å²) in [7, 11) is -1.16. The van der Waals surface area contributed by atoms with E-state index in [1.807, 2.05) is 19.1 Å². The van der Waals surface area contributed by atoms with Crippen LogP contribution in [0.15, 0.2) is 24.5 Å². The smallest absolute Gasteiger partial charge is 0.372 e. The van der Waals surface area contributed by atoms with E-state index in [0.29, 0.717) is 12.3 Å². The Hall–Kier alpha value is -1.99. The van der Waals surface area contributed by atoms with E-state index in [4.69, 9.17) is 4.74 Å². The summed E-state index contributed by atoms with van der Waals surface area (Å²) in [6.45, 7) is 9.55. The topological polar surface area (TPSA) is 77.2 Å². The highest BCUT2D eigenvalue weighted by atomic mass is 28.3. The van der Waals surface area contributed by atoms with Crippen LogP contribution in [0.3, 0.4) is 0 Å². The molecule has 0 fully saturated rings. The van der Waals surface area contributed by atoms with Crippen molar-refractivity contribution >= 4 is 14.0 Å². The average Bonchev–Trinajstić information content (AvgIpc) is 2.87. The summed E-state index contributed by atoms with van der Waals surface area (Å²) in [5.41, 5.74) is 2.32. The van der Waals surface area contributed by atoms with Crippen LogP contribution < -0.4 is 0 Å². The normalized spacial score (nSPS) is 11.7. The number of imidazole rings is 1. The van der Waals surface area contributed by atoms with Crippen molar-refractivity contribution in [3.8, 4) is 11.3 Å². The maximum Gasteiger partial charge on any atom is 0.372 e. The lowest BCUT2D eigenvalue weighted by Crippen LogP contribution is -2.22. The molecule has 0 aromatic carbocycles. The Morgan fingerprint density at radius 3 is 2.74 bits per heavy atom. The second kappa shape index (κ2) is 7.06. The molecule has 1 N–H and O–H groups in total. The van der Waals surface area contributed by atoms with E-state index in [0.717, 1.165) is 17.3 Å². The molecule has 124 valence electrons. The number of aryl methyl sites for hydroxylation is 1. The van der Waals surface area contributed by atoms with Crippen molar-refractivity contribution in [3.05, 3.63) is 36.0 Å². The zero-order valence-corrected chi connectivity index (χ0v) is 15.0. The first kappa shape index (κ1) is 17.4. The number of hydrogen-bond acceptors (Lipinski definition) is 4. The minimum absolute atomic E-state index is 0.0116. The van der Waals surface area contributed by atoms with E-state index in [1.165, 1.54) is 4.57 Å². The molecule has 0 aliphatic rings. The van der Waals surface area contributed by atoms with Gasteiger partial charge in [-0.15, -0.1) is 0 Å². The van der Waals surface area contributed by atoms with Crippen LogP contribution in [0.1, 0.15) is 16.3 Å². The van der Waals surface area contributed by atoms with Gasteiger partial charge in [0.2, 0.25) is 5.82 Å². The number of ether oxygens (including phenoxy) is 1. The van der Waals surface area contributed by atoms with Crippen molar-refractivity contribution in [2.75, 3.05) is 6.61 Å². The second-order valence-corrected chi connectivity index (χ2v) is 12.4. The van der Waals surface area contributed by atoms with Crippen LogP contribution in [-0.4, -0.2) is 40.3 Å². The predicted octanol–water partition coefficient (Wildman–Crippen LogP) is 3.26. The highest BCUT2D eigenvalue weighted by Crippen LogP contribution is 2.19. The number of rotatable bonds is 7. The summed E-state index contributed by atoms with van der Waals surface area (Å²) in [5, 5.41) is 9.32. The predicted molar refractivity (Wildman–Crippen MR) is 91.3 cm³/mol. The average molecular weight is 333 g/mol. The molecule has 7 heteroatoms. The number of aromatic carboxylic acids is 1. The Morgan fingerprint density at radius 1 is 1.39 bits per heavy atom. The first-order chi connectivity index (χ1) is 10.8. The number of carboxylic acids is 1. The van der Waals surface area contributed by atoms with Crippen molar-refractivity contribution in [1.82, 2.24) is 14.5 Å². The van der Waals surface area contributed by atoms with Crippen LogP contribution >= 0.6 is 0 Å². The van der Waals surface area contributed by atoms with Gasteiger partial charge in [0.25, 0.3) is 0 Å². The molecule has 23 heavy (non-hydrogen) atoms. The van der Waals surface area contributed by atoms with Gasteiger partial charge in [-0.3, -0.25) is 4.98 Å². The molecule has 0 unspecified atom stereocenters. The number of hydrogen-bond donors (Lipinski definition) is 1. The first-order valence-corrected chi connectivity index (χ1v) is 11.3. The standard InChI is InChI=1S/C16H23N3O3Si/c1-12-9-13(5-6-17-12)14-10-19(15(18-14)16(20)21)11-22-7-8-23(2,3)4/h5-6,9-10H,7-8,11H2,1-4H3,(H,20,21). The number of aromatic nitrogens is 3. The number of carbonyl (C=O) groups is 1. The number of pyridine rings is 1. The van der Waals surface area contributed by atoms with Crippen LogP contribution in [0.25, 0.3) is 11.3 Å². The van der Waals surface area contributed by atoms with Crippen molar-refractivity contribution in [2.45, 2.75) is 39.3 Å². The molecule has 0 aliphatic carbocycles. The molecule has 0 atom stereocenters. The number of carboxylic acid groups (broad SMARTS) is 1. The Labute approximate surface area is 137 Å². The Morgan fingerprint density at radius 2 is 2.13 bits per heavy atom. The summed E-state index contributed by atoms with van der Waals surface area (Å²) in [6, 6.07) is 4.74. The lowest BCUT2D eigenvalue weighted by molar-refractivity contribution is 0.0613. The maximum atomic E-state index is 11.4. The molecule has 0 saturated heterocycles. The zero-order valence-electron chi connectivity index (χ0n) is 14.0. The van der Waals surface area contributed by atoms with Gasteiger partial charge < -0.3 is 14.4 Å². The molecule has 2 aromatic heterocycles. The SMILES string of the molecule is Cc1cc(-c2cn(COCC[Si](C)(C)C)c(C(=O)O)n2)ccn1. The lowest BCUT2D eigenvalue weighted by atomic mass is 10.2. The largest absolute Gasteiger partial charge is 0.475 e. The monoisotopic (exact) mass is 333 g/mol. The minimum atomic E-state index is -1.16. The Kier molecular flexibility index (Phi) is 5.33. The van der Waals surface area contributed by atoms with Crippen molar-refractivity contribution < 1.29 is 14.6 Å². The van der Waals surface area contributed by atoms with Crippen molar-refractivity contribution in [1.29, 1.82) is 0 Å². The molecule has 0 saturated carbocycles. The van der Waals surface area contributed by atoms with Crippen LogP contribution in [0.2, 0.25) is 25.7 Å². The van der Waals surface area contributed by atoms with Gasteiger partial charge in [0, 0.05) is 38.3 Å². The fourth-order valence-electron chi connectivity index (χ4n) is 2.07. The molecule has 2 heterocycles. The fraction of sp³-hybridized carbons (Fsp3) is 0.438. The molecule has 2 aromatic rings. The van der Waals surface area contributed by atoms with Gasteiger partial charge in [-0.1, -0.05) is 19.6 Å². The molecule has 6 nitrogen and oxygen atoms in total. The highest BCUT2D eigenvalue weighted by Gasteiger charge is 2.17. The van der Waals surface area contributed by atoms with E-state index in [-0.39, 0.29) is 12.6 Å². The van der Waals surface area contributed by atoms with Crippen LogP contribution in [0, 0.1) is 6.92 Å². The molecular weight excluding hydrogens is 310 g/mol. The lowest BCUT2D eigenvalue weighted by Gasteiger charge is -2.15. The minimum Gasteiger partial charge on any atom is -0.475 e. The Balaban J connectivity index is 2.14. The third kappa shape index (κ3) is 5.00. The maximum absolute atomic E-state index is 11.4. The molecule has 2 rings (SSSR count). The van der Waals surface area contributed by atoms with Gasteiger partial charge in [0.1, 0.15) is 6.73 Å². The Bertz CT molecular complexity index is 692. The summed E-state index contributed by atoms with van der Waals surface area (Å²) in [5.74, 6) is -1.07. The summed E-state index contributed by atoms with van der Waals surface area (Å²) in [4.78, 5) is 19.7.